The Hall–Kier alpha value is -2.41. The van der Waals surface area contributed by atoms with E-state index in [0.717, 1.165) is 24.2 Å². The van der Waals surface area contributed by atoms with Gasteiger partial charge in [0.1, 0.15) is 0 Å². The summed E-state index contributed by atoms with van der Waals surface area (Å²) in [5.41, 5.74) is 2.69. The summed E-state index contributed by atoms with van der Waals surface area (Å²) < 4.78 is 18.7. The lowest BCUT2D eigenvalue weighted by molar-refractivity contribution is 0.0987. The van der Waals surface area contributed by atoms with E-state index < -0.39 is 5.82 Å². The highest BCUT2D eigenvalue weighted by molar-refractivity contribution is 6.05. The van der Waals surface area contributed by atoms with E-state index in [-0.39, 0.29) is 11.7 Å². The van der Waals surface area contributed by atoms with Crippen LogP contribution in [0.15, 0.2) is 18.2 Å². The molecule has 0 saturated heterocycles. The van der Waals surface area contributed by atoms with Crippen LogP contribution in [0.1, 0.15) is 21.7 Å². The summed E-state index contributed by atoms with van der Waals surface area (Å²) in [6.07, 6.45) is 0.816. The summed E-state index contributed by atoms with van der Waals surface area (Å²) in [5.74, 6) is -0.637. The number of aromatic amines is 1. The zero-order chi connectivity index (χ0) is 15.7. The number of aromatic nitrogens is 2. The number of halogens is 1. The Balaban J connectivity index is 1.88. The quantitative estimate of drug-likeness (QED) is 0.901. The molecule has 1 aromatic heterocycles. The van der Waals surface area contributed by atoms with Crippen LogP contribution in [-0.2, 0) is 13.0 Å². The second-order valence-corrected chi connectivity index (χ2v) is 5.14. The Morgan fingerprint density at radius 1 is 1.45 bits per heavy atom. The molecule has 0 aliphatic carbocycles. The molecule has 0 bridgehead atoms. The van der Waals surface area contributed by atoms with E-state index in [1.54, 1.807) is 13.1 Å². The van der Waals surface area contributed by atoms with Crippen molar-refractivity contribution < 1.29 is 13.9 Å². The molecule has 3 rings (SSSR count). The maximum absolute atomic E-state index is 13.8. The largest absolute Gasteiger partial charge is 0.494 e. The summed E-state index contributed by atoms with van der Waals surface area (Å²) >= 11 is 0. The van der Waals surface area contributed by atoms with Gasteiger partial charge in [-0.15, -0.1) is 0 Å². The summed E-state index contributed by atoms with van der Waals surface area (Å²) in [7, 11) is 3.00. The average Bonchev–Trinajstić information content (AvgIpc) is 2.97. The molecule has 2 heterocycles. The highest BCUT2D eigenvalue weighted by Gasteiger charge is 2.25. The molecule has 0 radical (unpaired) electrons. The predicted molar refractivity (Wildman–Crippen MR) is 79.7 cm³/mol. The molecule has 1 aliphatic rings. The number of carbonyl (C=O) groups excluding carboxylic acids is 1. The third kappa shape index (κ3) is 2.43. The van der Waals surface area contributed by atoms with Crippen LogP contribution in [0.4, 0.5) is 10.1 Å². The van der Waals surface area contributed by atoms with Crippen molar-refractivity contribution in [1.29, 1.82) is 0 Å². The molecular formula is C15H17FN4O2. The number of anilines is 1. The zero-order valence-electron chi connectivity index (χ0n) is 12.4. The van der Waals surface area contributed by atoms with E-state index in [1.165, 1.54) is 24.1 Å². The van der Waals surface area contributed by atoms with E-state index in [1.807, 2.05) is 0 Å². The van der Waals surface area contributed by atoms with Gasteiger partial charge in [0, 0.05) is 49.6 Å². The fourth-order valence-electron chi connectivity index (χ4n) is 2.54. The summed E-state index contributed by atoms with van der Waals surface area (Å²) in [6, 6.07) is 4.40. The molecule has 1 aromatic carbocycles. The van der Waals surface area contributed by atoms with Crippen molar-refractivity contribution in [3.8, 4) is 5.75 Å². The van der Waals surface area contributed by atoms with Gasteiger partial charge in [-0.2, -0.15) is 5.10 Å². The molecule has 6 nitrogen and oxygen atoms in total. The second kappa shape index (κ2) is 5.76. The van der Waals surface area contributed by atoms with Crippen LogP contribution in [0, 0.1) is 5.82 Å². The third-order valence-corrected chi connectivity index (χ3v) is 3.84. The molecule has 1 amide bonds. The van der Waals surface area contributed by atoms with E-state index >= 15 is 0 Å². The normalized spacial score (nSPS) is 13.6. The fourth-order valence-corrected chi connectivity index (χ4v) is 2.54. The van der Waals surface area contributed by atoms with Crippen LogP contribution in [0.3, 0.4) is 0 Å². The molecular weight excluding hydrogens is 287 g/mol. The van der Waals surface area contributed by atoms with Crippen molar-refractivity contribution in [3.05, 3.63) is 41.0 Å². The number of hydrogen-bond donors (Lipinski definition) is 2. The molecule has 116 valence electrons. The smallest absolute Gasteiger partial charge is 0.278 e. The fraction of sp³-hybridized carbons (Fsp3) is 0.333. The number of hydrogen-bond acceptors (Lipinski definition) is 4. The van der Waals surface area contributed by atoms with Crippen LogP contribution in [0.2, 0.25) is 0 Å². The van der Waals surface area contributed by atoms with E-state index in [2.05, 4.69) is 15.5 Å². The van der Waals surface area contributed by atoms with Crippen molar-refractivity contribution in [2.24, 2.45) is 0 Å². The zero-order valence-corrected chi connectivity index (χ0v) is 12.4. The van der Waals surface area contributed by atoms with Gasteiger partial charge >= 0.3 is 0 Å². The van der Waals surface area contributed by atoms with Crippen LogP contribution in [-0.4, -0.2) is 36.8 Å². The van der Waals surface area contributed by atoms with E-state index in [4.69, 9.17) is 4.74 Å². The standard InChI is InChI=1S/C15H17FN4O2/c1-20(9-3-4-13(22-2)11(16)7-9)15(21)14-10-8-17-6-5-12(10)18-19-14/h3-4,7,17H,5-6,8H2,1-2H3,(H,18,19). The minimum atomic E-state index is -0.509. The first kappa shape index (κ1) is 14.5. The van der Waals surface area contributed by atoms with Gasteiger partial charge < -0.3 is 15.0 Å². The molecule has 0 spiro atoms. The van der Waals surface area contributed by atoms with Crippen molar-refractivity contribution in [2.75, 3.05) is 25.6 Å². The van der Waals surface area contributed by atoms with Crippen LogP contribution < -0.4 is 15.0 Å². The lowest BCUT2D eigenvalue weighted by atomic mass is 10.1. The Kier molecular flexibility index (Phi) is 3.81. The van der Waals surface area contributed by atoms with Crippen LogP contribution in [0.5, 0.6) is 5.75 Å². The average molecular weight is 304 g/mol. The Bertz CT molecular complexity index is 714. The number of ether oxygens (including phenoxy) is 1. The molecule has 0 unspecified atom stereocenters. The number of nitrogens with zero attached hydrogens (tertiary/aromatic N) is 2. The minimum absolute atomic E-state index is 0.144. The van der Waals surface area contributed by atoms with Gasteiger partial charge in [-0.25, -0.2) is 4.39 Å². The van der Waals surface area contributed by atoms with E-state index in [9.17, 15) is 9.18 Å². The van der Waals surface area contributed by atoms with Gasteiger partial charge in [0.05, 0.1) is 7.11 Å². The second-order valence-electron chi connectivity index (χ2n) is 5.14. The Morgan fingerprint density at radius 3 is 3.00 bits per heavy atom. The van der Waals surface area contributed by atoms with Gasteiger partial charge in [-0.3, -0.25) is 9.89 Å². The summed E-state index contributed by atoms with van der Waals surface area (Å²) in [5, 5.41) is 10.3. The van der Waals surface area contributed by atoms with Crippen LogP contribution >= 0.6 is 0 Å². The maximum atomic E-state index is 13.8. The molecule has 0 saturated carbocycles. The van der Waals surface area contributed by atoms with Crippen molar-refractivity contribution >= 4 is 11.6 Å². The van der Waals surface area contributed by atoms with Gasteiger partial charge in [-0.05, 0) is 12.1 Å². The number of methoxy groups -OCH3 is 1. The molecule has 7 heteroatoms. The lowest BCUT2D eigenvalue weighted by Crippen LogP contribution is -2.30. The number of benzene rings is 1. The Morgan fingerprint density at radius 2 is 2.27 bits per heavy atom. The predicted octanol–water partition coefficient (Wildman–Crippen LogP) is 1.48. The maximum Gasteiger partial charge on any atom is 0.278 e. The topological polar surface area (TPSA) is 70.2 Å². The van der Waals surface area contributed by atoms with Crippen molar-refractivity contribution in [3.63, 3.8) is 0 Å². The van der Waals surface area contributed by atoms with Gasteiger partial charge in [-0.1, -0.05) is 0 Å². The lowest BCUT2D eigenvalue weighted by Gasteiger charge is -2.19. The van der Waals surface area contributed by atoms with E-state index in [0.29, 0.717) is 17.9 Å². The number of H-pyrrole nitrogens is 1. The number of fused-ring (bicyclic) bond motifs is 1. The molecule has 1 aliphatic heterocycles. The SMILES string of the molecule is COc1ccc(N(C)C(=O)c2n[nH]c3c2CNCC3)cc1F. The number of amides is 1. The monoisotopic (exact) mass is 304 g/mol. The highest BCUT2D eigenvalue weighted by Crippen LogP contribution is 2.25. The molecule has 0 fully saturated rings. The number of carbonyl (C=O) groups is 1. The molecule has 0 atom stereocenters. The van der Waals surface area contributed by atoms with Crippen molar-refractivity contribution in [1.82, 2.24) is 15.5 Å². The highest BCUT2D eigenvalue weighted by atomic mass is 19.1. The van der Waals surface area contributed by atoms with Gasteiger partial charge in [0.25, 0.3) is 5.91 Å². The first-order valence-electron chi connectivity index (χ1n) is 7.00. The summed E-state index contributed by atoms with van der Waals surface area (Å²) in [6.45, 7) is 1.47. The van der Waals surface area contributed by atoms with Gasteiger partial charge in [0.2, 0.25) is 0 Å². The first-order chi connectivity index (χ1) is 10.6. The van der Waals surface area contributed by atoms with Gasteiger partial charge in [0.15, 0.2) is 17.3 Å². The number of rotatable bonds is 3. The first-order valence-corrected chi connectivity index (χ1v) is 7.00. The molecule has 22 heavy (non-hydrogen) atoms. The summed E-state index contributed by atoms with van der Waals surface area (Å²) in [4.78, 5) is 14.0. The van der Waals surface area contributed by atoms with Crippen molar-refractivity contribution in [2.45, 2.75) is 13.0 Å². The minimum Gasteiger partial charge on any atom is -0.494 e. The molecule has 2 N–H and O–H groups in total. The van der Waals surface area contributed by atoms with Crippen LogP contribution in [0.25, 0.3) is 0 Å². The third-order valence-electron chi connectivity index (χ3n) is 3.84. The number of nitrogens with one attached hydrogen (secondary N) is 2. The molecule has 2 aromatic rings. The Labute approximate surface area is 127 Å².